The molecule has 4 rings (SSSR count). The summed E-state index contributed by atoms with van der Waals surface area (Å²) in [5, 5.41) is 7.53. The summed E-state index contributed by atoms with van der Waals surface area (Å²) in [5.41, 5.74) is 1.92. The van der Waals surface area contributed by atoms with Crippen molar-refractivity contribution in [1.82, 2.24) is 10.2 Å². The molecule has 2 amide bonds. The molecule has 0 atom stereocenters. The maximum Gasteiger partial charge on any atom is 0.319 e. The number of anilines is 2. The maximum absolute atomic E-state index is 12.6. The Hall–Kier alpha value is -1.25. The monoisotopic (exact) mass is 566 g/mol. The lowest BCUT2D eigenvalue weighted by molar-refractivity contribution is 0.208. The van der Waals surface area contributed by atoms with E-state index in [4.69, 9.17) is 23.2 Å². The molecule has 0 aromatic heterocycles. The molecule has 196 valence electrons. The van der Waals surface area contributed by atoms with E-state index in [1.54, 1.807) is 23.5 Å². The number of urea groups is 1. The van der Waals surface area contributed by atoms with Crippen molar-refractivity contribution in [2.75, 3.05) is 55.5 Å². The number of nitrogens with one attached hydrogen (secondary N) is 2. The second kappa shape index (κ2) is 13.5. The molecular weight excluding hydrogens is 531 g/mol. The Kier molecular flexibility index (Phi) is 10.4. The second-order valence-electron chi connectivity index (χ2n) is 9.57. The number of hydrogen-bond acceptors (Lipinski definition) is 5. The first kappa shape index (κ1) is 27.8. The number of thioether (sulfide) groups is 2. The van der Waals surface area contributed by atoms with Crippen molar-refractivity contribution in [2.45, 2.75) is 47.9 Å². The maximum atomic E-state index is 12.6. The number of carbonyl (C=O) groups excluding carboxylic acids is 1. The third-order valence-corrected chi connectivity index (χ3v) is 9.65. The van der Waals surface area contributed by atoms with E-state index in [0.717, 1.165) is 67.8 Å². The average Bonchev–Trinajstić information content (AvgIpc) is 2.90. The average molecular weight is 568 g/mol. The Labute approximate surface area is 234 Å². The molecule has 0 bridgehead atoms. The Morgan fingerprint density at radius 3 is 2.44 bits per heavy atom. The molecule has 1 aliphatic carbocycles. The van der Waals surface area contributed by atoms with Gasteiger partial charge in [0.2, 0.25) is 0 Å². The van der Waals surface area contributed by atoms with Crippen LogP contribution in [-0.2, 0) is 0 Å². The molecular formula is C27H36Cl2N4OS2. The molecule has 0 radical (unpaired) electrons. The standard InChI is InChI=1S/C27H36Cl2N4OS2/c1-35-21-10-11-23(25(18-21)36-2)31-27(34)30-20-8-6-19(7-9-20)12-13-32-14-16-33(17-15-32)24-5-3-4-22(28)26(24)29/h3-5,10-11,18-20H,6-9,12-17H2,1-2H3,(H2,30,31,34). The van der Waals surface area contributed by atoms with Gasteiger partial charge in [0.1, 0.15) is 0 Å². The molecule has 1 heterocycles. The van der Waals surface area contributed by atoms with Crippen molar-refractivity contribution in [2.24, 2.45) is 5.92 Å². The summed E-state index contributed by atoms with van der Waals surface area (Å²) in [6.07, 6.45) is 9.81. The zero-order chi connectivity index (χ0) is 25.5. The molecule has 5 nitrogen and oxygen atoms in total. The zero-order valence-corrected chi connectivity index (χ0v) is 24.2. The smallest absolute Gasteiger partial charge is 0.319 e. The van der Waals surface area contributed by atoms with Crippen molar-refractivity contribution < 1.29 is 4.79 Å². The normalized spacial score (nSPS) is 20.8. The number of piperazine rings is 1. The predicted octanol–water partition coefficient (Wildman–Crippen LogP) is 7.33. The highest BCUT2D eigenvalue weighted by Crippen LogP contribution is 2.33. The molecule has 2 aromatic rings. The molecule has 0 spiro atoms. The van der Waals surface area contributed by atoms with Gasteiger partial charge in [-0.2, -0.15) is 0 Å². The lowest BCUT2D eigenvalue weighted by Gasteiger charge is -2.37. The highest BCUT2D eigenvalue weighted by molar-refractivity contribution is 7.99. The van der Waals surface area contributed by atoms with Crippen LogP contribution >= 0.6 is 46.7 Å². The largest absolute Gasteiger partial charge is 0.368 e. The van der Waals surface area contributed by atoms with Gasteiger partial charge < -0.3 is 15.5 Å². The molecule has 0 unspecified atom stereocenters. The fraction of sp³-hybridized carbons (Fsp3) is 0.519. The van der Waals surface area contributed by atoms with Crippen LogP contribution in [0, 0.1) is 5.92 Å². The Morgan fingerprint density at radius 1 is 1.00 bits per heavy atom. The van der Waals surface area contributed by atoms with E-state index in [2.05, 4.69) is 44.9 Å². The van der Waals surface area contributed by atoms with Crippen LogP contribution in [0.15, 0.2) is 46.2 Å². The number of halogens is 2. The van der Waals surface area contributed by atoms with Gasteiger partial charge in [-0.15, -0.1) is 23.5 Å². The van der Waals surface area contributed by atoms with E-state index >= 15 is 0 Å². The number of rotatable bonds is 8. The summed E-state index contributed by atoms with van der Waals surface area (Å²) in [5.74, 6) is 0.744. The molecule has 2 fully saturated rings. The van der Waals surface area contributed by atoms with Crippen LogP contribution in [0.2, 0.25) is 10.0 Å². The van der Waals surface area contributed by atoms with Gasteiger partial charge >= 0.3 is 6.03 Å². The molecule has 9 heteroatoms. The summed E-state index contributed by atoms with van der Waals surface area (Å²) in [6.45, 7) is 5.20. The van der Waals surface area contributed by atoms with Crippen LogP contribution < -0.4 is 15.5 Å². The Bertz CT molecular complexity index is 1020. The van der Waals surface area contributed by atoms with Gasteiger partial charge in [-0.05, 0) is 87.4 Å². The van der Waals surface area contributed by atoms with Gasteiger partial charge in [-0.3, -0.25) is 4.90 Å². The first-order valence-electron chi connectivity index (χ1n) is 12.7. The summed E-state index contributed by atoms with van der Waals surface area (Å²) in [6, 6.07) is 12.2. The van der Waals surface area contributed by atoms with Gasteiger partial charge in [-0.25, -0.2) is 4.79 Å². The number of nitrogens with zero attached hydrogens (tertiary/aromatic N) is 2. The van der Waals surface area contributed by atoms with E-state index in [1.165, 1.54) is 24.2 Å². The highest BCUT2D eigenvalue weighted by atomic mass is 35.5. The van der Waals surface area contributed by atoms with Crippen LogP contribution in [0.3, 0.4) is 0 Å². The van der Waals surface area contributed by atoms with Crippen LogP contribution in [0.4, 0.5) is 16.2 Å². The van der Waals surface area contributed by atoms with Gasteiger partial charge in [0.05, 0.1) is 21.4 Å². The number of hydrogen-bond donors (Lipinski definition) is 2. The van der Waals surface area contributed by atoms with E-state index < -0.39 is 0 Å². The van der Waals surface area contributed by atoms with Gasteiger partial charge in [0, 0.05) is 42.0 Å². The van der Waals surface area contributed by atoms with Gasteiger partial charge in [0.25, 0.3) is 0 Å². The van der Waals surface area contributed by atoms with Crippen LogP contribution in [0.25, 0.3) is 0 Å². The van der Waals surface area contributed by atoms with Gasteiger partial charge in [0.15, 0.2) is 0 Å². The van der Waals surface area contributed by atoms with E-state index in [-0.39, 0.29) is 12.1 Å². The van der Waals surface area contributed by atoms with E-state index in [9.17, 15) is 4.79 Å². The van der Waals surface area contributed by atoms with Crippen LogP contribution in [-0.4, -0.2) is 62.2 Å². The lowest BCUT2D eigenvalue weighted by Crippen LogP contribution is -2.47. The summed E-state index contributed by atoms with van der Waals surface area (Å²) < 4.78 is 0. The Morgan fingerprint density at radius 2 is 1.75 bits per heavy atom. The van der Waals surface area contributed by atoms with E-state index in [0.29, 0.717) is 10.0 Å². The van der Waals surface area contributed by atoms with Crippen molar-refractivity contribution in [3.63, 3.8) is 0 Å². The van der Waals surface area contributed by atoms with Crippen molar-refractivity contribution in [3.05, 3.63) is 46.4 Å². The number of benzene rings is 2. The van der Waals surface area contributed by atoms with Crippen molar-refractivity contribution >= 4 is 64.1 Å². The third-order valence-electron chi connectivity index (χ3n) is 7.34. The fourth-order valence-corrected chi connectivity index (χ4v) is 6.67. The topological polar surface area (TPSA) is 47.6 Å². The minimum Gasteiger partial charge on any atom is -0.368 e. The minimum absolute atomic E-state index is 0.0941. The highest BCUT2D eigenvalue weighted by Gasteiger charge is 2.25. The SMILES string of the molecule is CSc1ccc(NC(=O)NC2CCC(CCN3CCN(c4cccc(Cl)c4Cl)CC3)CC2)c(SC)c1. The summed E-state index contributed by atoms with van der Waals surface area (Å²) >= 11 is 16.0. The fourth-order valence-electron chi connectivity index (χ4n) is 5.16. The Balaban J connectivity index is 1.15. The third kappa shape index (κ3) is 7.41. The molecule has 1 saturated carbocycles. The molecule has 2 aromatic carbocycles. The molecule has 2 aliphatic rings. The molecule has 36 heavy (non-hydrogen) atoms. The number of carbonyl (C=O) groups is 1. The first-order chi connectivity index (χ1) is 17.5. The molecule has 1 aliphatic heterocycles. The van der Waals surface area contributed by atoms with Crippen molar-refractivity contribution in [3.8, 4) is 0 Å². The predicted molar refractivity (Wildman–Crippen MR) is 158 cm³/mol. The zero-order valence-electron chi connectivity index (χ0n) is 21.1. The minimum atomic E-state index is -0.0941. The summed E-state index contributed by atoms with van der Waals surface area (Å²) in [7, 11) is 0. The quantitative estimate of drug-likeness (QED) is 0.327. The molecule has 2 N–H and O–H groups in total. The molecule has 1 saturated heterocycles. The second-order valence-corrected chi connectivity index (χ2v) is 12.1. The summed E-state index contributed by atoms with van der Waals surface area (Å²) in [4.78, 5) is 19.8. The van der Waals surface area contributed by atoms with Gasteiger partial charge in [-0.1, -0.05) is 29.3 Å². The van der Waals surface area contributed by atoms with E-state index in [1.807, 2.05) is 24.5 Å². The van der Waals surface area contributed by atoms with Crippen LogP contribution in [0.1, 0.15) is 32.1 Å². The first-order valence-corrected chi connectivity index (χ1v) is 15.9. The van der Waals surface area contributed by atoms with Crippen molar-refractivity contribution in [1.29, 1.82) is 0 Å². The number of amides is 2. The van der Waals surface area contributed by atoms with Crippen LogP contribution in [0.5, 0.6) is 0 Å². The lowest BCUT2D eigenvalue weighted by atomic mass is 9.84.